The van der Waals surface area contributed by atoms with Crippen molar-refractivity contribution in [2.75, 3.05) is 46.0 Å². The van der Waals surface area contributed by atoms with E-state index in [9.17, 15) is 23.2 Å². The van der Waals surface area contributed by atoms with Crippen LogP contribution in [0.25, 0.3) is 5.65 Å². The number of aryl methyl sites for hydroxylation is 3. The van der Waals surface area contributed by atoms with Crippen LogP contribution < -0.4 is 4.74 Å². The number of nitrogens with zero attached hydrogens (tertiary/aromatic N) is 6. The second-order valence-electron chi connectivity index (χ2n) is 16.1. The van der Waals surface area contributed by atoms with Gasteiger partial charge in [-0.15, -0.1) is 10.2 Å². The molecule has 2 fully saturated rings. The monoisotopic (exact) mass is 798 g/mol. The first-order valence-electron chi connectivity index (χ1n) is 19.3. The van der Waals surface area contributed by atoms with E-state index in [1.54, 1.807) is 46.0 Å². The summed E-state index contributed by atoms with van der Waals surface area (Å²) in [5, 5.41) is 18.4. The number of carboxylic acid groups (broad SMARTS) is 1. The molecule has 0 amide bonds. The van der Waals surface area contributed by atoms with Crippen molar-refractivity contribution in [2.45, 2.75) is 96.1 Å². The molecule has 2 N–H and O–H groups in total. The molecule has 1 spiro atoms. The van der Waals surface area contributed by atoms with Gasteiger partial charge in [0.05, 0.1) is 31.8 Å². The SMILES string of the molecule is Cc1cnc2c(c1)S(=O)(O)(OCCN1CCCCC1)N(Cc1cc([C@@H](c3ccn4c(C(F)F)nnc4c3C)C(C)(C)C(=O)O)ccc1C)CC1(CCOCC1)O2. The fraction of sp³-hybridized carbons (Fsp3) is 0.550. The number of likely N-dealkylation sites (tertiary alicyclic amines) is 1. The molecule has 1 atom stereocenters. The first-order valence-corrected chi connectivity index (χ1v) is 21.1. The maximum atomic E-state index is 16.0. The van der Waals surface area contributed by atoms with E-state index < -0.39 is 45.0 Å². The average molecular weight is 799 g/mol. The fourth-order valence-corrected chi connectivity index (χ4v) is 10.9. The normalized spacial score (nSPS) is 21.2. The molecule has 0 radical (unpaired) electrons. The molecule has 3 aliphatic heterocycles. The first-order chi connectivity index (χ1) is 26.5. The first kappa shape index (κ1) is 40.3. The number of pyridine rings is 2. The Balaban J connectivity index is 1.35. The number of benzene rings is 1. The van der Waals surface area contributed by atoms with Crippen LogP contribution in [0.1, 0.15) is 97.5 Å². The molecule has 3 aromatic heterocycles. The predicted octanol–water partition coefficient (Wildman–Crippen LogP) is 6.66. The summed E-state index contributed by atoms with van der Waals surface area (Å²) >= 11 is 0. The van der Waals surface area contributed by atoms with Gasteiger partial charge in [-0.3, -0.25) is 17.9 Å². The fourth-order valence-electron chi connectivity index (χ4n) is 8.40. The van der Waals surface area contributed by atoms with Crippen LogP contribution in [-0.2, 0) is 30.1 Å². The van der Waals surface area contributed by atoms with Crippen LogP contribution in [0.5, 0.6) is 5.88 Å². The lowest BCUT2D eigenvalue weighted by Crippen LogP contribution is -2.57. The molecule has 16 heteroatoms. The van der Waals surface area contributed by atoms with E-state index in [0.29, 0.717) is 60.4 Å². The second-order valence-corrected chi connectivity index (χ2v) is 18.9. The van der Waals surface area contributed by atoms with Gasteiger partial charge in [-0.2, -0.15) is 4.31 Å². The third kappa shape index (κ3) is 7.35. The van der Waals surface area contributed by atoms with Crippen molar-refractivity contribution in [3.8, 4) is 5.88 Å². The minimum atomic E-state index is -5.40. The third-order valence-corrected chi connectivity index (χ3v) is 14.7. The molecule has 0 unspecified atom stereocenters. The van der Waals surface area contributed by atoms with Gasteiger partial charge in [0.25, 0.3) is 6.43 Å². The maximum Gasteiger partial charge on any atom is 0.310 e. The summed E-state index contributed by atoms with van der Waals surface area (Å²) in [6.45, 7) is 11.7. The van der Waals surface area contributed by atoms with Gasteiger partial charge in [0.2, 0.25) is 11.7 Å². The van der Waals surface area contributed by atoms with E-state index in [1.165, 1.54) is 14.9 Å². The molecular formula is C40H52F2N6O7S. The molecule has 13 nitrogen and oxygen atoms in total. The number of rotatable bonds is 11. The van der Waals surface area contributed by atoms with Crippen LogP contribution in [0.3, 0.4) is 0 Å². The van der Waals surface area contributed by atoms with E-state index >= 15 is 4.21 Å². The quantitative estimate of drug-likeness (QED) is 0.168. The Kier molecular flexibility index (Phi) is 10.9. The smallest absolute Gasteiger partial charge is 0.310 e. The number of aliphatic carboxylic acids is 1. The summed E-state index contributed by atoms with van der Waals surface area (Å²) in [7, 11) is -5.40. The lowest BCUT2D eigenvalue weighted by molar-refractivity contribution is -0.147. The van der Waals surface area contributed by atoms with Crippen LogP contribution in [0.4, 0.5) is 8.78 Å². The van der Waals surface area contributed by atoms with Crippen molar-refractivity contribution in [1.82, 2.24) is 28.8 Å². The van der Waals surface area contributed by atoms with Crippen molar-refractivity contribution in [2.24, 2.45) is 5.41 Å². The highest BCUT2D eigenvalue weighted by Crippen LogP contribution is 2.50. The molecule has 56 heavy (non-hydrogen) atoms. The lowest BCUT2D eigenvalue weighted by Gasteiger charge is -2.46. The Morgan fingerprint density at radius 1 is 1.07 bits per heavy atom. The molecule has 6 heterocycles. The Morgan fingerprint density at radius 3 is 2.50 bits per heavy atom. The number of aromatic nitrogens is 4. The standard InChI is InChI=1S/C40H52F2N6O7S/c1-26-21-32-37(43-23-26)55-40(12-18-53-19-13-40)25-47(56(32,51,52)54-20-17-46-14-7-6-8-15-46)24-30-22-29(10-9-27(30)2)33(39(4,5)38(49)50)31-11-16-48-35(28(31)3)44-45-36(48)34(41)42/h9-11,16,21-23,33-34H,6-8,12-15,17-20,24-25H2,1-5H3,(H,49,50)(H,51,52)/t33-/m0/s1. The molecule has 0 bridgehead atoms. The number of hydrogen-bond acceptors (Lipinski definition) is 9. The molecule has 304 valence electrons. The number of halogens is 2. The van der Waals surface area contributed by atoms with Gasteiger partial charge in [0.1, 0.15) is 10.5 Å². The van der Waals surface area contributed by atoms with Gasteiger partial charge < -0.3 is 19.5 Å². The van der Waals surface area contributed by atoms with Crippen molar-refractivity contribution < 1.29 is 41.1 Å². The number of fused-ring (bicyclic) bond motifs is 2. The van der Waals surface area contributed by atoms with Crippen molar-refractivity contribution in [3.05, 3.63) is 81.9 Å². The van der Waals surface area contributed by atoms with E-state index in [-0.39, 0.29) is 36.1 Å². The molecular weight excluding hydrogens is 747 g/mol. The van der Waals surface area contributed by atoms with E-state index in [1.807, 2.05) is 25.1 Å². The summed E-state index contributed by atoms with van der Waals surface area (Å²) in [6, 6.07) is 8.87. The lowest BCUT2D eigenvalue weighted by atomic mass is 9.70. The molecule has 1 aromatic carbocycles. The summed E-state index contributed by atoms with van der Waals surface area (Å²) in [6.07, 6.45) is 4.42. The Bertz CT molecular complexity index is 2190. The number of alkyl halides is 2. The van der Waals surface area contributed by atoms with Gasteiger partial charge in [-0.05, 0) is 106 Å². The third-order valence-electron chi connectivity index (χ3n) is 11.8. The van der Waals surface area contributed by atoms with Crippen LogP contribution in [-0.4, -0.2) is 100 Å². The molecule has 3 aliphatic rings. The number of piperidine rings is 1. The predicted molar refractivity (Wildman–Crippen MR) is 205 cm³/mol. The van der Waals surface area contributed by atoms with Gasteiger partial charge in [-0.1, -0.05) is 24.6 Å². The van der Waals surface area contributed by atoms with Crippen LogP contribution in [0.15, 0.2) is 47.6 Å². The van der Waals surface area contributed by atoms with Crippen LogP contribution >= 0.6 is 0 Å². The van der Waals surface area contributed by atoms with E-state index in [2.05, 4.69) is 20.1 Å². The van der Waals surface area contributed by atoms with Crippen LogP contribution in [0, 0.1) is 26.2 Å². The topological polar surface area (TPSA) is 152 Å². The van der Waals surface area contributed by atoms with Gasteiger partial charge in [-0.25, -0.2) is 18.0 Å². The number of carbonyl (C=O) groups is 1. The molecule has 0 saturated carbocycles. The number of ether oxygens (including phenoxy) is 2. The van der Waals surface area contributed by atoms with E-state index in [0.717, 1.165) is 37.9 Å². The zero-order chi connectivity index (χ0) is 40.1. The minimum Gasteiger partial charge on any atom is -0.481 e. The average Bonchev–Trinajstić information content (AvgIpc) is 3.58. The number of carboxylic acids is 1. The molecule has 4 aromatic rings. The zero-order valence-electron chi connectivity index (χ0n) is 32.7. The minimum absolute atomic E-state index is 0.00653. The molecule has 7 rings (SSSR count). The van der Waals surface area contributed by atoms with Crippen molar-refractivity contribution in [1.29, 1.82) is 0 Å². The van der Waals surface area contributed by atoms with E-state index in [4.69, 9.17) is 13.7 Å². The highest BCUT2D eigenvalue weighted by molar-refractivity contribution is 8.09. The largest absolute Gasteiger partial charge is 0.481 e. The molecule has 0 aliphatic carbocycles. The Labute approximate surface area is 325 Å². The maximum absolute atomic E-state index is 16.0. The highest BCUT2D eigenvalue weighted by atomic mass is 32.3. The summed E-state index contributed by atoms with van der Waals surface area (Å²) in [5.74, 6) is -2.30. The van der Waals surface area contributed by atoms with Crippen LogP contribution in [0.2, 0.25) is 0 Å². The van der Waals surface area contributed by atoms with Crippen molar-refractivity contribution >= 4 is 21.4 Å². The van der Waals surface area contributed by atoms with Gasteiger partial charge in [0, 0.05) is 44.2 Å². The van der Waals surface area contributed by atoms with Crippen molar-refractivity contribution in [3.63, 3.8) is 0 Å². The van der Waals surface area contributed by atoms with Gasteiger partial charge >= 0.3 is 5.97 Å². The summed E-state index contributed by atoms with van der Waals surface area (Å²) in [5.41, 5.74) is 1.77. The molecule has 2 saturated heterocycles. The van der Waals surface area contributed by atoms with Gasteiger partial charge in [0.15, 0.2) is 15.5 Å². The Morgan fingerprint density at radius 2 is 1.80 bits per heavy atom. The Hall–Kier alpha value is -3.93. The highest BCUT2D eigenvalue weighted by Gasteiger charge is 2.55. The summed E-state index contributed by atoms with van der Waals surface area (Å²) in [4.78, 5) is 19.8. The summed E-state index contributed by atoms with van der Waals surface area (Å²) < 4.78 is 78.0. The second kappa shape index (κ2) is 15.1. The number of hydrogen-bond donors (Lipinski definition) is 2. The zero-order valence-corrected chi connectivity index (χ0v) is 33.5.